The summed E-state index contributed by atoms with van der Waals surface area (Å²) < 4.78 is 5.17. The van der Waals surface area contributed by atoms with Gasteiger partial charge in [-0.15, -0.1) is 22.7 Å². The smallest absolute Gasteiger partial charge is 0.0795 e. The molecule has 0 aliphatic heterocycles. The maximum absolute atomic E-state index is 4.90. The molecule has 0 spiro atoms. The fourth-order valence-corrected chi connectivity index (χ4v) is 9.32. The zero-order chi connectivity index (χ0) is 32.3. The van der Waals surface area contributed by atoms with Gasteiger partial charge in [-0.1, -0.05) is 97.1 Å². The van der Waals surface area contributed by atoms with E-state index >= 15 is 0 Å². The fraction of sp³-hybridized carbons (Fsp3) is 0. The first-order chi connectivity index (χ1) is 24.3. The van der Waals surface area contributed by atoms with Gasteiger partial charge in [-0.25, -0.2) is 0 Å². The Morgan fingerprint density at radius 1 is 0.388 bits per heavy atom. The number of fused-ring (bicyclic) bond motifs is 7. The molecule has 0 saturated carbocycles. The average molecular weight is 661 g/mol. The monoisotopic (exact) mass is 660 g/mol. The standard InChI is InChI=1S/C45H28N2S2/c1-2-8-32-27-33(14-13-29(32)7-1)30-15-19-34(20-16-30)47(36-23-24-42-39(28-36)37-9-3-5-11-40(37)48-42)35-21-17-31(18-22-35)45-44-38-10-4-6-12-41(38)49-43(44)25-26-46-45/h1-28H. The van der Waals surface area contributed by atoms with Gasteiger partial charge in [-0.2, -0.15) is 0 Å². The van der Waals surface area contributed by atoms with Crippen LogP contribution in [0.25, 0.3) is 73.5 Å². The topological polar surface area (TPSA) is 16.1 Å². The van der Waals surface area contributed by atoms with E-state index < -0.39 is 0 Å². The molecule has 0 fully saturated rings. The molecule has 0 bridgehead atoms. The minimum Gasteiger partial charge on any atom is -0.310 e. The van der Waals surface area contributed by atoms with Crippen LogP contribution in [0, 0.1) is 0 Å². The predicted molar refractivity (Wildman–Crippen MR) is 213 cm³/mol. The lowest BCUT2D eigenvalue weighted by Crippen LogP contribution is -2.09. The van der Waals surface area contributed by atoms with Crippen LogP contribution < -0.4 is 4.90 Å². The minimum atomic E-state index is 1.03. The van der Waals surface area contributed by atoms with E-state index in [1.807, 2.05) is 28.9 Å². The van der Waals surface area contributed by atoms with Gasteiger partial charge >= 0.3 is 0 Å². The van der Waals surface area contributed by atoms with Gasteiger partial charge in [-0.3, -0.25) is 4.98 Å². The molecule has 0 saturated heterocycles. The molecule has 4 heteroatoms. The van der Waals surface area contributed by atoms with Crippen LogP contribution >= 0.6 is 22.7 Å². The molecule has 2 nitrogen and oxygen atoms in total. The van der Waals surface area contributed by atoms with E-state index in [2.05, 4.69) is 169 Å². The fourth-order valence-electron chi connectivity index (χ4n) is 7.13. The number of rotatable bonds is 5. The molecule has 10 rings (SSSR count). The maximum atomic E-state index is 4.90. The molecule has 0 N–H and O–H groups in total. The molecule has 0 amide bonds. The molecular weight excluding hydrogens is 633 g/mol. The predicted octanol–water partition coefficient (Wildman–Crippen LogP) is 13.8. The van der Waals surface area contributed by atoms with Gasteiger partial charge in [0.25, 0.3) is 0 Å². The highest BCUT2D eigenvalue weighted by Gasteiger charge is 2.17. The molecular formula is C45H28N2S2. The SMILES string of the molecule is c1ccc2cc(-c3ccc(N(c4ccc(-c5nccc6sc7ccccc7c56)cc4)c4ccc5sc6ccccc6c5c4)cc3)ccc2c1. The van der Waals surface area contributed by atoms with Crippen molar-refractivity contribution in [2.45, 2.75) is 0 Å². The third-order valence-electron chi connectivity index (χ3n) is 9.51. The molecule has 0 radical (unpaired) electrons. The first kappa shape index (κ1) is 28.2. The van der Waals surface area contributed by atoms with Crippen LogP contribution in [0.3, 0.4) is 0 Å². The highest BCUT2D eigenvalue weighted by atomic mass is 32.1. The molecule has 0 unspecified atom stereocenters. The Morgan fingerprint density at radius 2 is 0.980 bits per heavy atom. The Bertz CT molecular complexity index is 2830. The van der Waals surface area contributed by atoms with Crippen molar-refractivity contribution in [3.8, 4) is 22.4 Å². The van der Waals surface area contributed by atoms with Crippen LogP contribution in [0.4, 0.5) is 17.1 Å². The summed E-state index contributed by atoms with van der Waals surface area (Å²) in [6, 6.07) is 59.5. The van der Waals surface area contributed by atoms with E-state index in [-0.39, 0.29) is 0 Å². The van der Waals surface area contributed by atoms with Crippen molar-refractivity contribution >= 4 is 90.9 Å². The lowest BCUT2D eigenvalue weighted by Gasteiger charge is -2.26. The highest BCUT2D eigenvalue weighted by molar-refractivity contribution is 7.26. The van der Waals surface area contributed by atoms with Crippen LogP contribution in [0.5, 0.6) is 0 Å². The number of nitrogens with zero attached hydrogens (tertiary/aromatic N) is 2. The molecule has 7 aromatic carbocycles. The Kier molecular flexibility index (Phi) is 6.57. The van der Waals surface area contributed by atoms with Crippen molar-refractivity contribution in [3.63, 3.8) is 0 Å². The zero-order valence-corrected chi connectivity index (χ0v) is 28.0. The summed E-state index contributed by atoms with van der Waals surface area (Å²) in [5, 5.41) is 7.59. The second-order valence-electron chi connectivity index (χ2n) is 12.4. The molecule has 230 valence electrons. The van der Waals surface area contributed by atoms with Gasteiger partial charge in [0, 0.05) is 69.2 Å². The minimum absolute atomic E-state index is 1.03. The van der Waals surface area contributed by atoms with Gasteiger partial charge in [0.15, 0.2) is 0 Å². The Hall–Kier alpha value is -5.81. The number of hydrogen-bond acceptors (Lipinski definition) is 4. The number of anilines is 3. The van der Waals surface area contributed by atoms with E-state index in [1.165, 1.54) is 62.2 Å². The van der Waals surface area contributed by atoms with Crippen molar-refractivity contribution in [1.29, 1.82) is 0 Å². The van der Waals surface area contributed by atoms with Crippen molar-refractivity contribution in [2.75, 3.05) is 4.90 Å². The van der Waals surface area contributed by atoms with Crippen LogP contribution in [0.2, 0.25) is 0 Å². The molecule has 3 heterocycles. The molecule has 0 aliphatic rings. The molecule has 10 aromatic rings. The molecule has 0 atom stereocenters. The van der Waals surface area contributed by atoms with Crippen LogP contribution in [-0.2, 0) is 0 Å². The molecule has 49 heavy (non-hydrogen) atoms. The lowest BCUT2D eigenvalue weighted by atomic mass is 10.0. The second-order valence-corrected chi connectivity index (χ2v) is 14.6. The zero-order valence-electron chi connectivity index (χ0n) is 26.4. The summed E-state index contributed by atoms with van der Waals surface area (Å²) in [4.78, 5) is 7.27. The number of pyridine rings is 1. The first-order valence-corrected chi connectivity index (χ1v) is 18.1. The third-order valence-corrected chi connectivity index (χ3v) is 11.8. The van der Waals surface area contributed by atoms with Gasteiger partial charge < -0.3 is 4.90 Å². The Labute approximate surface area is 291 Å². The van der Waals surface area contributed by atoms with Crippen molar-refractivity contribution in [1.82, 2.24) is 4.98 Å². The number of aromatic nitrogens is 1. The van der Waals surface area contributed by atoms with Crippen molar-refractivity contribution in [3.05, 3.63) is 170 Å². The van der Waals surface area contributed by atoms with Crippen LogP contribution in [-0.4, -0.2) is 4.98 Å². The molecule has 0 aliphatic carbocycles. The summed E-state index contributed by atoms with van der Waals surface area (Å²) in [7, 11) is 0. The van der Waals surface area contributed by atoms with Gasteiger partial charge in [0.1, 0.15) is 0 Å². The summed E-state index contributed by atoms with van der Waals surface area (Å²) in [6.07, 6.45) is 1.94. The van der Waals surface area contributed by atoms with Crippen LogP contribution in [0.15, 0.2) is 170 Å². The van der Waals surface area contributed by atoms with E-state index in [4.69, 9.17) is 4.98 Å². The quantitative estimate of drug-likeness (QED) is 0.183. The number of hydrogen-bond donors (Lipinski definition) is 0. The van der Waals surface area contributed by atoms with E-state index in [0.29, 0.717) is 0 Å². The summed E-state index contributed by atoms with van der Waals surface area (Å²) >= 11 is 3.68. The van der Waals surface area contributed by atoms with Gasteiger partial charge in [0.05, 0.1) is 5.69 Å². The first-order valence-electron chi connectivity index (χ1n) is 16.4. The maximum Gasteiger partial charge on any atom is 0.0795 e. The Balaban J connectivity index is 1.09. The largest absolute Gasteiger partial charge is 0.310 e. The van der Waals surface area contributed by atoms with Crippen molar-refractivity contribution < 1.29 is 0 Å². The molecule has 3 aromatic heterocycles. The second kappa shape index (κ2) is 11.4. The van der Waals surface area contributed by atoms with E-state index in [9.17, 15) is 0 Å². The number of thiophene rings is 2. The van der Waals surface area contributed by atoms with Gasteiger partial charge in [-0.05, 0) is 88.6 Å². The van der Waals surface area contributed by atoms with Crippen molar-refractivity contribution in [2.24, 2.45) is 0 Å². The summed E-state index contributed by atoms with van der Waals surface area (Å²) in [5.74, 6) is 0. The summed E-state index contributed by atoms with van der Waals surface area (Å²) in [6.45, 7) is 0. The third kappa shape index (κ3) is 4.80. The summed E-state index contributed by atoms with van der Waals surface area (Å²) in [5.41, 5.74) is 7.90. The van der Waals surface area contributed by atoms with Gasteiger partial charge in [0.2, 0.25) is 0 Å². The highest BCUT2D eigenvalue weighted by Crippen LogP contribution is 2.43. The normalized spacial score (nSPS) is 11.7. The Morgan fingerprint density at radius 3 is 1.78 bits per heavy atom. The van der Waals surface area contributed by atoms with Crippen LogP contribution in [0.1, 0.15) is 0 Å². The van der Waals surface area contributed by atoms with E-state index in [1.54, 1.807) is 0 Å². The average Bonchev–Trinajstić information content (AvgIpc) is 3.74. The lowest BCUT2D eigenvalue weighted by molar-refractivity contribution is 1.29. The number of benzene rings is 7. The van der Waals surface area contributed by atoms with E-state index in [0.717, 1.165) is 28.3 Å².